The van der Waals surface area contributed by atoms with Crippen molar-refractivity contribution in [2.45, 2.75) is 19.4 Å². The zero-order chi connectivity index (χ0) is 11.1. The van der Waals surface area contributed by atoms with Crippen molar-refractivity contribution in [1.29, 1.82) is 0 Å². The fraction of sp³-hybridized carbons (Fsp3) is 0.556. The Morgan fingerprint density at radius 1 is 1.67 bits per heavy atom. The van der Waals surface area contributed by atoms with Gasteiger partial charge in [-0.15, -0.1) is 11.3 Å². The molecule has 1 aliphatic rings. The zero-order valence-electron chi connectivity index (χ0n) is 8.58. The molecule has 1 N–H and O–H groups in total. The number of rotatable bonds is 1. The predicted molar refractivity (Wildman–Crippen MR) is 64.2 cm³/mol. The Morgan fingerprint density at radius 2 is 2.40 bits per heavy atom. The van der Waals surface area contributed by atoms with E-state index in [-0.39, 0.29) is 5.91 Å². The van der Waals surface area contributed by atoms with Crippen molar-refractivity contribution in [3.63, 3.8) is 0 Å². The lowest BCUT2D eigenvalue weighted by atomic mass is 10.00. The fourth-order valence-corrected chi connectivity index (χ4v) is 3.02. The summed E-state index contributed by atoms with van der Waals surface area (Å²) in [6.45, 7) is 5.31. The molecule has 6 heteroatoms. The predicted octanol–water partition coefficient (Wildman–Crippen LogP) is 1.62. The molecule has 0 aromatic carbocycles. The molecule has 15 heavy (non-hydrogen) atoms. The second-order valence-electron chi connectivity index (χ2n) is 3.92. The number of thiazole rings is 1. The number of carbonyl (C=O) groups excluding carboxylic acids is 1. The first-order valence-corrected chi connectivity index (χ1v) is 6.36. The molecule has 0 spiro atoms. The summed E-state index contributed by atoms with van der Waals surface area (Å²) in [6, 6.07) is 0. The van der Waals surface area contributed by atoms with Crippen LogP contribution in [0, 0.1) is 0 Å². The second-order valence-corrected chi connectivity index (χ2v) is 5.57. The summed E-state index contributed by atoms with van der Waals surface area (Å²) in [4.78, 5) is 18.1. The largest absolute Gasteiger partial charge is 0.352 e. The first kappa shape index (κ1) is 10.9. The Hall–Kier alpha value is -0.620. The van der Waals surface area contributed by atoms with Crippen LogP contribution in [0.4, 0.5) is 5.13 Å². The number of halogens is 1. The van der Waals surface area contributed by atoms with E-state index in [2.05, 4.69) is 26.2 Å². The maximum atomic E-state index is 11.7. The Balaban J connectivity index is 2.31. The topological polar surface area (TPSA) is 45.2 Å². The van der Waals surface area contributed by atoms with E-state index in [1.165, 1.54) is 0 Å². The number of nitrogens with zero attached hydrogens (tertiary/aromatic N) is 2. The number of piperazine rings is 1. The van der Waals surface area contributed by atoms with Crippen molar-refractivity contribution in [3.8, 4) is 0 Å². The number of aromatic nitrogens is 1. The van der Waals surface area contributed by atoms with Gasteiger partial charge in [-0.3, -0.25) is 4.79 Å². The van der Waals surface area contributed by atoms with Crippen LogP contribution >= 0.6 is 27.3 Å². The average molecular weight is 290 g/mol. The summed E-state index contributed by atoms with van der Waals surface area (Å²) in [5.41, 5.74) is -0.518. The van der Waals surface area contributed by atoms with Gasteiger partial charge in [0.25, 0.3) is 0 Å². The van der Waals surface area contributed by atoms with Gasteiger partial charge in [-0.1, -0.05) is 0 Å². The maximum absolute atomic E-state index is 11.7. The maximum Gasteiger partial charge on any atom is 0.245 e. The SMILES string of the molecule is CC1(C)C(=O)NCCN1c1nc(Br)cs1. The molecule has 1 fully saturated rings. The fourth-order valence-electron chi connectivity index (χ4n) is 1.60. The third-order valence-corrected chi connectivity index (χ3v) is 4.12. The molecule has 0 atom stereocenters. The van der Waals surface area contributed by atoms with Gasteiger partial charge in [0.15, 0.2) is 5.13 Å². The molecule has 1 aromatic heterocycles. The van der Waals surface area contributed by atoms with Crippen molar-refractivity contribution < 1.29 is 4.79 Å². The summed E-state index contributed by atoms with van der Waals surface area (Å²) >= 11 is 4.87. The van der Waals surface area contributed by atoms with Gasteiger partial charge < -0.3 is 10.2 Å². The van der Waals surface area contributed by atoms with Gasteiger partial charge in [-0.2, -0.15) is 0 Å². The lowest BCUT2D eigenvalue weighted by Crippen LogP contribution is -2.62. The number of anilines is 1. The molecule has 1 saturated heterocycles. The molecular formula is C9H12BrN3OS. The van der Waals surface area contributed by atoms with Crippen LogP contribution in [0.2, 0.25) is 0 Å². The Morgan fingerprint density at radius 3 is 3.00 bits per heavy atom. The number of hydrogen-bond acceptors (Lipinski definition) is 4. The zero-order valence-corrected chi connectivity index (χ0v) is 11.0. The minimum atomic E-state index is -0.518. The molecule has 1 aliphatic heterocycles. The smallest absolute Gasteiger partial charge is 0.245 e. The number of nitrogens with one attached hydrogen (secondary N) is 1. The minimum absolute atomic E-state index is 0.0556. The van der Waals surface area contributed by atoms with Crippen LogP contribution in [-0.2, 0) is 4.79 Å². The normalized spacial score (nSPS) is 20.2. The van der Waals surface area contributed by atoms with E-state index in [1.807, 2.05) is 24.1 Å². The lowest BCUT2D eigenvalue weighted by Gasteiger charge is -2.40. The number of amides is 1. The molecule has 2 rings (SSSR count). The first-order valence-electron chi connectivity index (χ1n) is 4.69. The second kappa shape index (κ2) is 3.75. The van der Waals surface area contributed by atoms with E-state index < -0.39 is 5.54 Å². The highest BCUT2D eigenvalue weighted by molar-refractivity contribution is 9.10. The highest BCUT2D eigenvalue weighted by Crippen LogP contribution is 2.30. The standard InChI is InChI=1S/C9H12BrN3OS/c1-9(2)7(14)11-3-4-13(9)8-12-6(10)5-15-8/h5H,3-4H2,1-2H3,(H,11,14). The van der Waals surface area contributed by atoms with Gasteiger partial charge in [0.05, 0.1) is 0 Å². The summed E-state index contributed by atoms with van der Waals surface area (Å²) in [5, 5.41) is 5.68. The van der Waals surface area contributed by atoms with Crippen LogP contribution in [0.3, 0.4) is 0 Å². The first-order chi connectivity index (χ1) is 7.01. The molecule has 0 bridgehead atoms. The quantitative estimate of drug-likeness (QED) is 0.855. The molecule has 1 amide bonds. The van der Waals surface area contributed by atoms with Gasteiger partial charge in [0, 0.05) is 18.5 Å². The van der Waals surface area contributed by atoms with Crippen LogP contribution in [0.1, 0.15) is 13.8 Å². The minimum Gasteiger partial charge on any atom is -0.352 e. The summed E-state index contributed by atoms with van der Waals surface area (Å²) in [6.07, 6.45) is 0. The molecule has 1 aromatic rings. The van der Waals surface area contributed by atoms with Crippen LogP contribution < -0.4 is 10.2 Å². The summed E-state index contributed by atoms with van der Waals surface area (Å²) in [7, 11) is 0. The van der Waals surface area contributed by atoms with Crippen molar-refractivity contribution in [2.24, 2.45) is 0 Å². The molecule has 82 valence electrons. The van der Waals surface area contributed by atoms with E-state index in [0.29, 0.717) is 6.54 Å². The third-order valence-electron chi connectivity index (χ3n) is 2.55. The number of hydrogen-bond donors (Lipinski definition) is 1. The van der Waals surface area contributed by atoms with Crippen LogP contribution in [0.15, 0.2) is 9.98 Å². The molecule has 0 unspecified atom stereocenters. The van der Waals surface area contributed by atoms with Crippen LogP contribution in [-0.4, -0.2) is 29.5 Å². The van der Waals surface area contributed by atoms with Crippen LogP contribution in [0.25, 0.3) is 0 Å². The monoisotopic (exact) mass is 289 g/mol. The molecule has 0 radical (unpaired) electrons. The van der Waals surface area contributed by atoms with Gasteiger partial charge >= 0.3 is 0 Å². The van der Waals surface area contributed by atoms with E-state index in [1.54, 1.807) is 11.3 Å². The molecule has 0 aliphatic carbocycles. The highest BCUT2D eigenvalue weighted by Gasteiger charge is 2.38. The Bertz CT molecular complexity index is 390. The molecular weight excluding hydrogens is 278 g/mol. The van der Waals surface area contributed by atoms with E-state index in [9.17, 15) is 4.79 Å². The summed E-state index contributed by atoms with van der Waals surface area (Å²) < 4.78 is 0.823. The van der Waals surface area contributed by atoms with Gasteiger partial charge in [0.2, 0.25) is 5.91 Å². The van der Waals surface area contributed by atoms with Crippen LogP contribution in [0.5, 0.6) is 0 Å². The highest BCUT2D eigenvalue weighted by atomic mass is 79.9. The van der Waals surface area contributed by atoms with Crippen molar-refractivity contribution in [2.75, 3.05) is 18.0 Å². The summed E-state index contributed by atoms with van der Waals surface area (Å²) in [5.74, 6) is 0.0556. The number of carbonyl (C=O) groups is 1. The van der Waals surface area contributed by atoms with E-state index in [0.717, 1.165) is 16.3 Å². The van der Waals surface area contributed by atoms with Crippen molar-refractivity contribution >= 4 is 38.3 Å². The third kappa shape index (κ3) is 1.88. The molecule has 2 heterocycles. The Labute approximate surface area is 101 Å². The Kier molecular flexibility index (Phi) is 2.72. The van der Waals surface area contributed by atoms with Gasteiger partial charge in [-0.05, 0) is 29.8 Å². The lowest BCUT2D eigenvalue weighted by molar-refractivity contribution is -0.126. The van der Waals surface area contributed by atoms with Gasteiger partial charge in [0.1, 0.15) is 10.1 Å². The van der Waals surface area contributed by atoms with Crippen molar-refractivity contribution in [3.05, 3.63) is 9.98 Å². The average Bonchev–Trinajstić information content (AvgIpc) is 2.56. The van der Waals surface area contributed by atoms with Crippen molar-refractivity contribution in [1.82, 2.24) is 10.3 Å². The molecule has 4 nitrogen and oxygen atoms in total. The molecule has 0 saturated carbocycles. The van der Waals surface area contributed by atoms with E-state index >= 15 is 0 Å². The van der Waals surface area contributed by atoms with E-state index in [4.69, 9.17) is 0 Å². The van der Waals surface area contributed by atoms with Gasteiger partial charge in [-0.25, -0.2) is 4.98 Å².